The fraction of sp³-hybridized carbons (Fsp3) is 0.222. The SMILES string of the molecule is CC1(C)C(=O)Nc2ccc(C(=O)NCc3ccccc3)cc21. The molecule has 22 heavy (non-hydrogen) atoms. The molecule has 112 valence electrons. The summed E-state index contributed by atoms with van der Waals surface area (Å²) in [5.74, 6) is -0.175. The molecule has 0 saturated carbocycles. The minimum absolute atomic E-state index is 0.0376. The Morgan fingerprint density at radius 2 is 1.86 bits per heavy atom. The minimum atomic E-state index is -0.606. The van der Waals surface area contributed by atoms with Gasteiger partial charge in [-0.05, 0) is 43.2 Å². The Bertz CT molecular complexity index is 736. The van der Waals surface area contributed by atoms with E-state index < -0.39 is 5.41 Å². The molecular weight excluding hydrogens is 276 g/mol. The Morgan fingerprint density at radius 3 is 2.59 bits per heavy atom. The summed E-state index contributed by atoms with van der Waals surface area (Å²) in [7, 11) is 0. The number of fused-ring (bicyclic) bond motifs is 1. The van der Waals surface area contributed by atoms with Crippen molar-refractivity contribution in [2.75, 3.05) is 5.32 Å². The molecule has 0 bridgehead atoms. The Balaban J connectivity index is 1.78. The minimum Gasteiger partial charge on any atom is -0.348 e. The van der Waals surface area contributed by atoms with Crippen LogP contribution >= 0.6 is 0 Å². The average Bonchev–Trinajstić information content (AvgIpc) is 2.75. The monoisotopic (exact) mass is 294 g/mol. The van der Waals surface area contributed by atoms with E-state index in [1.54, 1.807) is 18.2 Å². The predicted octanol–water partition coefficient (Wildman–Crippen LogP) is 2.85. The average molecular weight is 294 g/mol. The van der Waals surface area contributed by atoms with Crippen molar-refractivity contribution in [1.29, 1.82) is 0 Å². The Kier molecular flexibility index (Phi) is 3.45. The van der Waals surface area contributed by atoms with Gasteiger partial charge in [0.1, 0.15) is 0 Å². The Morgan fingerprint density at radius 1 is 1.14 bits per heavy atom. The first kappa shape index (κ1) is 14.3. The topological polar surface area (TPSA) is 58.2 Å². The Hall–Kier alpha value is -2.62. The second-order valence-corrected chi connectivity index (χ2v) is 6.01. The molecule has 0 radical (unpaired) electrons. The van der Waals surface area contributed by atoms with E-state index >= 15 is 0 Å². The van der Waals surface area contributed by atoms with Crippen LogP contribution in [0.5, 0.6) is 0 Å². The predicted molar refractivity (Wildman–Crippen MR) is 85.7 cm³/mol. The van der Waals surface area contributed by atoms with Gasteiger partial charge in [0.2, 0.25) is 5.91 Å². The highest BCUT2D eigenvalue weighted by Gasteiger charge is 2.38. The zero-order valence-electron chi connectivity index (χ0n) is 12.6. The summed E-state index contributed by atoms with van der Waals surface area (Å²) in [5.41, 5.74) is 2.67. The first-order chi connectivity index (χ1) is 10.5. The molecule has 4 nitrogen and oxygen atoms in total. The molecule has 0 unspecified atom stereocenters. The van der Waals surface area contributed by atoms with Gasteiger partial charge < -0.3 is 10.6 Å². The molecule has 2 amide bonds. The summed E-state index contributed by atoms with van der Waals surface area (Å²) in [4.78, 5) is 24.2. The van der Waals surface area contributed by atoms with E-state index in [1.807, 2.05) is 44.2 Å². The van der Waals surface area contributed by atoms with Gasteiger partial charge in [0.25, 0.3) is 5.91 Å². The number of nitrogens with one attached hydrogen (secondary N) is 2. The summed E-state index contributed by atoms with van der Waals surface area (Å²) in [6.45, 7) is 4.21. The van der Waals surface area contributed by atoms with Crippen LogP contribution in [0.2, 0.25) is 0 Å². The van der Waals surface area contributed by atoms with Gasteiger partial charge in [-0.2, -0.15) is 0 Å². The molecule has 0 spiro atoms. The molecule has 4 heteroatoms. The lowest BCUT2D eigenvalue weighted by Gasteiger charge is -2.15. The summed E-state index contributed by atoms with van der Waals surface area (Å²) in [5, 5.41) is 5.74. The fourth-order valence-corrected chi connectivity index (χ4v) is 2.59. The molecule has 0 aliphatic carbocycles. The number of anilines is 1. The molecule has 0 aromatic heterocycles. The quantitative estimate of drug-likeness (QED) is 0.914. The van der Waals surface area contributed by atoms with Gasteiger partial charge in [-0.1, -0.05) is 30.3 Å². The van der Waals surface area contributed by atoms with Crippen molar-refractivity contribution in [3.8, 4) is 0 Å². The van der Waals surface area contributed by atoms with Crippen LogP contribution in [0.1, 0.15) is 35.3 Å². The van der Waals surface area contributed by atoms with Gasteiger partial charge in [0.15, 0.2) is 0 Å². The highest BCUT2D eigenvalue weighted by atomic mass is 16.2. The maximum absolute atomic E-state index is 12.3. The van der Waals surface area contributed by atoms with Gasteiger partial charge in [0, 0.05) is 17.8 Å². The third-order valence-corrected chi connectivity index (χ3v) is 4.07. The summed E-state index contributed by atoms with van der Waals surface area (Å²) >= 11 is 0. The lowest BCUT2D eigenvalue weighted by atomic mass is 9.85. The van der Waals surface area contributed by atoms with Crippen molar-refractivity contribution >= 4 is 17.5 Å². The van der Waals surface area contributed by atoms with E-state index in [1.165, 1.54) is 0 Å². The van der Waals surface area contributed by atoms with Crippen molar-refractivity contribution in [3.63, 3.8) is 0 Å². The normalized spacial score (nSPS) is 15.1. The first-order valence-corrected chi connectivity index (χ1v) is 7.26. The standard InChI is InChI=1S/C18H18N2O2/c1-18(2)14-10-13(8-9-15(14)20-17(18)22)16(21)19-11-12-6-4-3-5-7-12/h3-10H,11H2,1-2H3,(H,19,21)(H,20,22). The molecular formula is C18H18N2O2. The van der Waals surface area contributed by atoms with Gasteiger partial charge in [-0.25, -0.2) is 0 Å². The zero-order valence-corrected chi connectivity index (χ0v) is 12.6. The van der Waals surface area contributed by atoms with Gasteiger partial charge in [-0.15, -0.1) is 0 Å². The van der Waals surface area contributed by atoms with Crippen molar-refractivity contribution in [3.05, 3.63) is 65.2 Å². The molecule has 0 atom stereocenters. The van der Waals surface area contributed by atoms with Crippen LogP contribution < -0.4 is 10.6 Å². The van der Waals surface area contributed by atoms with Crippen LogP contribution in [0, 0.1) is 0 Å². The lowest BCUT2D eigenvalue weighted by Crippen LogP contribution is -2.27. The van der Waals surface area contributed by atoms with Crippen molar-refractivity contribution in [2.45, 2.75) is 25.8 Å². The number of carbonyl (C=O) groups is 2. The van der Waals surface area contributed by atoms with Crippen LogP contribution in [0.25, 0.3) is 0 Å². The summed E-state index contributed by atoms with van der Waals surface area (Å²) in [6, 6.07) is 15.1. The van der Waals surface area contributed by atoms with Gasteiger partial charge in [-0.3, -0.25) is 9.59 Å². The molecule has 0 fully saturated rings. The maximum atomic E-state index is 12.3. The third kappa shape index (κ3) is 2.48. The number of hydrogen-bond donors (Lipinski definition) is 2. The van der Waals surface area contributed by atoms with E-state index in [2.05, 4.69) is 10.6 Å². The van der Waals surface area contributed by atoms with Crippen LogP contribution in [-0.4, -0.2) is 11.8 Å². The van der Waals surface area contributed by atoms with Crippen LogP contribution in [0.3, 0.4) is 0 Å². The number of carbonyl (C=O) groups excluding carboxylic acids is 2. The van der Waals surface area contributed by atoms with E-state index in [4.69, 9.17) is 0 Å². The fourth-order valence-electron chi connectivity index (χ4n) is 2.59. The van der Waals surface area contributed by atoms with Crippen LogP contribution in [0.15, 0.2) is 48.5 Å². The zero-order chi connectivity index (χ0) is 15.7. The molecule has 1 aliphatic rings. The van der Waals surface area contributed by atoms with Gasteiger partial charge in [0.05, 0.1) is 5.41 Å². The second-order valence-electron chi connectivity index (χ2n) is 6.01. The smallest absolute Gasteiger partial charge is 0.251 e. The molecule has 0 saturated heterocycles. The molecule has 3 rings (SSSR count). The highest BCUT2D eigenvalue weighted by Crippen LogP contribution is 2.37. The molecule has 1 aliphatic heterocycles. The molecule has 2 aromatic carbocycles. The van der Waals surface area contributed by atoms with E-state index in [-0.39, 0.29) is 11.8 Å². The van der Waals surface area contributed by atoms with E-state index in [0.29, 0.717) is 12.1 Å². The highest BCUT2D eigenvalue weighted by molar-refractivity contribution is 6.07. The van der Waals surface area contributed by atoms with E-state index in [0.717, 1.165) is 16.8 Å². The largest absolute Gasteiger partial charge is 0.348 e. The van der Waals surface area contributed by atoms with Gasteiger partial charge >= 0.3 is 0 Å². The number of amides is 2. The molecule has 2 N–H and O–H groups in total. The number of rotatable bonds is 3. The van der Waals surface area contributed by atoms with Crippen molar-refractivity contribution < 1.29 is 9.59 Å². The number of hydrogen-bond acceptors (Lipinski definition) is 2. The summed E-state index contributed by atoms with van der Waals surface area (Å²) < 4.78 is 0. The van der Waals surface area contributed by atoms with E-state index in [9.17, 15) is 9.59 Å². The van der Waals surface area contributed by atoms with Crippen LogP contribution in [-0.2, 0) is 16.8 Å². The maximum Gasteiger partial charge on any atom is 0.251 e. The molecule has 2 aromatic rings. The van der Waals surface area contributed by atoms with Crippen molar-refractivity contribution in [1.82, 2.24) is 5.32 Å². The first-order valence-electron chi connectivity index (χ1n) is 7.26. The summed E-state index contributed by atoms with van der Waals surface area (Å²) in [6.07, 6.45) is 0. The van der Waals surface area contributed by atoms with Crippen LogP contribution in [0.4, 0.5) is 5.69 Å². The van der Waals surface area contributed by atoms with Crippen molar-refractivity contribution in [2.24, 2.45) is 0 Å². The number of benzene rings is 2. The lowest BCUT2D eigenvalue weighted by molar-refractivity contribution is -0.119. The third-order valence-electron chi connectivity index (χ3n) is 4.07. The second kappa shape index (κ2) is 5.30. The molecule has 1 heterocycles. The Labute approximate surface area is 129 Å².